The second-order valence-corrected chi connectivity index (χ2v) is 5.17. The summed E-state index contributed by atoms with van der Waals surface area (Å²) in [5.74, 6) is 0.478. The van der Waals surface area contributed by atoms with Gasteiger partial charge in [0.1, 0.15) is 11.9 Å². The molecule has 4 N–H and O–H groups in total. The van der Waals surface area contributed by atoms with Crippen molar-refractivity contribution in [3.8, 4) is 6.07 Å². The molecule has 0 radical (unpaired) electrons. The molecule has 0 amide bonds. The van der Waals surface area contributed by atoms with Gasteiger partial charge in [0, 0.05) is 13.1 Å². The van der Waals surface area contributed by atoms with Crippen LogP contribution in [0.2, 0.25) is 0 Å². The highest BCUT2D eigenvalue weighted by molar-refractivity contribution is 7.88. The van der Waals surface area contributed by atoms with E-state index in [0.717, 1.165) is 6.26 Å². The Hall–Kier alpha value is -1.85. The molecule has 0 atom stereocenters. The first-order valence-electron chi connectivity index (χ1n) is 4.77. The molecule has 0 aliphatic heterocycles. The van der Waals surface area contributed by atoms with Crippen LogP contribution in [0.5, 0.6) is 0 Å². The van der Waals surface area contributed by atoms with Crippen LogP contribution in [0.1, 0.15) is 5.69 Å². The Morgan fingerprint density at radius 1 is 1.47 bits per heavy atom. The van der Waals surface area contributed by atoms with Crippen molar-refractivity contribution in [2.24, 2.45) is 0 Å². The summed E-state index contributed by atoms with van der Waals surface area (Å²) in [6.07, 6.45) is 1.09. The molecule has 0 aliphatic rings. The number of aromatic nitrogens is 1. The summed E-state index contributed by atoms with van der Waals surface area (Å²) in [4.78, 5) is 3.95. The van der Waals surface area contributed by atoms with Gasteiger partial charge in [0.05, 0.1) is 11.9 Å². The summed E-state index contributed by atoms with van der Waals surface area (Å²) < 4.78 is 23.9. The number of pyridine rings is 1. The molecule has 0 saturated heterocycles. The van der Waals surface area contributed by atoms with E-state index in [1.165, 1.54) is 0 Å². The topological polar surface area (TPSA) is 121 Å². The molecule has 0 saturated carbocycles. The summed E-state index contributed by atoms with van der Waals surface area (Å²) in [7, 11) is -3.18. The van der Waals surface area contributed by atoms with Gasteiger partial charge in [-0.05, 0) is 12.1 Å². The Morgan fingerprint density at radius 3 is 2.76 bits per heavy atom. The Bertz CT molecular complexity index is 535. The van der Waals surface area contributed by atoms with Crippen LogP contribution < -0.4 is 15.8 Å². The van der Waals surface area contributed by atoms with Crippen molar-refractivity contribution in [3.63, 3.8) is 0 Å². The maximum absolute atomic E-state index is 10.8. The maximum Gasteiger partial charge on any atom is 0.208 e. The lowest BCUT2D eigenvalue weighted by atomic mass is 10.3. The first-order chi connectivity index (χ1) is 7.92. The largest absolute Gasteiger partial charge is 0.396 e. The molecular formula is C9H13N5O2S. The van der Waals surface area contributed by atoms with E-state index in [2.05, 4.69) is 15.0 Å². The Kier molecular flexibility index (Phi) is 4.25. The molecule has 1 aromatic rings. The van der Waals surface area contributed by atoms with E-state index in [1.807, 2.05) is 6.07 Å². The third-order valence-electron chi connectivity index (χ3n) is 1.83. The molecule has 1 rings (SSSR count). The monoisotopic (exact) mass is 255 g/mol. The molecule has 92 valence electrons. The van der Waals surface area contributed by atoms with Crippen molar-refractivity contribution in [1.29, 1.82) is 5.26 Å². The molecular weight excluding hydrogens is 242 g/mol. The lowest BCUT2D eigenvalue weighted by Crippen LogP contribution is -2.27. The van der Waals surface area contributed by atoms with E-state index in [-0.39, 0.29) is 12.2 Å². The lowest BCUT2D eigenvalue weighted by molar-refractivity contribution is 0.589. The van der Waals surface area contributed by atoms with Crippen LogP contribution in [0.3, 0.4) is 0 Å². The van der Waals surface area contributed by atoms with Crippen molar-refractivity contribution < 1.29 is 8.42 Å². The van der Waals surface area contributed by atoms with E-state index >= 15 is 0 Å². The van der Waals surface area contributed by atoms with E-state index in [1.54, 1.807) is 12.1 Å². The van der Waals surface area contributed by atoms with Crippen molar-refractivity contribution in [3.05, 3.63) is 17.8 Å². The SMILES string of the molecule is CS(=O)(=O)NCCNc1ccc(N)c(C#N)n1. The Labute approximate surface area is 99.7 Å². The Morgan fingerprint density at radius 2 is 2.18 bits per heavy atom. The highest BCUT2D eigenvalue weighted by atomic mass is 32.2. The fourth-order valence-corrected chi connectivity index (χ4v) is 1.56. The van der Waals surface area contributed by atoms with Gasteiger partial charge < -0.3 is 11.1 Å². The predicted octanol–water partition coefficient (Wildman–Crippen LogP) is -0.503. The smallest absolute Gasteiger partial charge is 0.208 e. The van der Waals surface area contributed by atoms with Crippen LogP contribution >= 0.6 is 0 Å². The molecule has 1 heterocycles. The fraction of sp³-hybridized carbons (Fsp3) is 0.333. The summed E-state index contributed by atoms with van der Waals surface area (Å²) in [5, 5.41) is 11.6. The first-order valence-corrected chi connectivity index (χ1v) is 6.66. The zero-order valence-electron chi connectivity index (χ0n) is 9.27. The Balaban J connectivity index is 2.51. The van der Waals surface area contributed by atoms with Crippen molar-refractivity contribution in [1.82, 2.24) is 9.71 Å². The quantitative estimate of drug-likeness (QED) is 0.610. The fourth-order valence-electron chi connectivity index (χ4n) is 1.08. The van der Waals surface area contributed by atoms with Crippen molar-refractivity contribution in [2.45, 2.75) is 0 Å². The van der Waals surface area contributed by atoms with Crippen LogP contribution in [0.25, 0.3) is 0 Å². The highest BCUT2D eigenvalue weighted by Crippen LogP contribution is 2.11. The second kappa shape index (κ2) is 5.47. The van der Waals surface area contributed by atoms with Gasteiger partial charge in [0.25, 0.3) is 0 Å². The maximum atomic E-state index is 10.8. The van der Waals surface area contributed by atoms with E-state index < -0.39 is 10.0 Å². The summed E-state index contributed by atoms with van der Waals surface area (Å²) in [6.45, 7) is 0.613. The number of nitrogen functional groups attached to an aromatic ring is 1. The van der Waals surface area contributed by atoms with Crippen LogP contribution in [0.4, 0.5) is 11.5 Å². The standard InChI is InChI=1S/C9H13N5O2S/c1-17(15,16)13-5-4-12-9-3-2-7(11)8(6-10)14-9/h2-3,13H,4-5,11H2,1H3,(H,12,14). The average Bonchev–Trinajstić information content (AvgIpc) is 2.25. The summed E-state index contributed by atoms with van der Waals surface area (Å²) in [6, 6.07) is 5.05. The van der Waals surface area contributed by atoms with Crippen molar-refractivity contribution >= 4 is 21.5 Å². The number of nitrogens with one attached hydrogen (secondary N) is 2. The van der Waals surface area contributed by atoms with Gasteiger partial charge in [0.15, 0.2) is 5.69 Å². The van der Waals surface area contributed by atoms with Gasteiger partial charge >= 0.3 is 0 Å². The van der Waals surface area contributed by atoms with E-state index in [0.29, 0.717) is 18.1 Å². The number of nitrogens with zero attached hydrogens (tertiary/aromatic N) is 2. The van der Waals surface area contributed by atoms with Gasteiger partial charge in [0.2, 0.25) is 10.0 Å². The van der Waals surface area contributed by atoms with Gasteiger partial charge in [-0.1, -0.05) is 0 Å². The molecule has 1 aromatic heterocycles. The molecule has 0 aliphatic carbocycles. The molecule has 0 fully saturated rings. The molecule has 0 bridgehead atoms. The third-order valence-corrected chi connectivity index (χ3v) is 2.56. The molecule has 17 heavy (non-hydrogen) atoms. The highest BCUT2D eigenvalue weighted by Gasteiger charge is 2.02. The minimum Gasteiger partial charge on any atom is -0.396 e. The first kappa shape index (κ1) is 13.2. The van der Waals surface area contributed by atoms with E-state index in [4.69, 9.17) is 11.0 Å². The van der Waals surface area contributed by atoms with Gasteiger partial charge in [-0.3, -0.25) is 0 Å². The number of sulfonamides is 1. The van der Waals surface area contributed by atoms with Crippen LogP contribution in [0, 0.1) is 11.3 Å². The minimum atomic E-state index is -3.18. The van der Waals surface area contributed by atoms with Crippen LogP contribution in [0.15, 0.2) is 12.1 Å². The summed E-state index contributed by atoms with van der Waals surface area (Å²) >= 11 is 0. The predicted molar refractivity (Wildman–Crippen MR) is 64.7 cm³/mol. The lowest BCUT2D eigenvalue weighted by Gasteiger charge is -2.06. The van der Waals surface area contributed by atoms with Crippen LogP contribution in [-0.4, -0.2) is 32.7 Å². The normalized spacial score (nSPS) is 10.8. The number of hydrogen-bond donors (Lipinski definition) is 3. The number of hydrogen-bond acceptors (Lipinski definition) is 6. The summed E-state index contributed by atoms with van der Waals surface area (Å²) in [5.41, 5.74) is 5.96. The average molecular weight is 255 g/mol. The molecule has 0 spiro atoms. The zero-order valence-corrected chi connectivity index (χ0v) is 10.1. The molecule has 0 unspecified atom stereocenters. The molecule has 8 heteroatoms. The van der Waals surface area contributed by atoms with Gasteiger partial charge in [-0.15, -0.1) is 0 Å². The van der Waals surface area contributed by atoms with E-state index in [9.17, 15) is 8.42 Å². The van der Waals surface area contributed by atoms with Gasteiger partial charge in [-0.25, -0.2) is 18.1 Å². The third kappa shape index (κ3) is 4.67. The van der Waals surface area contributed by atoms with Gasteiger partial charge in [-0.2, -0.15) is 5.26 Å². The number of rotatable bonds is 5. The number of nitriles is 1. The molecule has 0 aromatic carbocycles. The number of nitrogens with two attached hydrogens (primary N) is 1. The number of anilines is 2. The minimum absolute atomic E-state index is 0.145. The molecule has 7 nitrogen and oxygen atoms in total. The van der Waals surface area contributed by atoms with Crippen LogP contribution in [-0.2, 0) is 10.0 Å². The van der Waals surface area contributed by atoms with Crippen molar-refractivity contribution in [2.75, 3.05) is 30.4 Å². The zero-order chi connectivity index (χ0) is 12.9. The second-order valence-electron chi connectivity index (χ2n) is 3.34.